The second kappa shape index (κ2) is 10.2. The average molecular weight is 461 g/mol. The number of likely N-dealkylation sites (N-methyl/N-ethyl adjacent to an activating group) is 1. The number of carbonyl (C=O) groups excluding carboxylic acids is 3. The van der Waals surface area contributed by atoms with E-state index in [0.717, 1.165) is 5.56 Å². The lowest BCUT2D eigenvalue weighted by molar-refractivity contribution is -0.126. The lowest BCUT2D eigenvalue weighted by Crippen LogP contribution is -2.46. The summed E-state index contributed by atoms with van der Waals surface area (Å²) in [5, 5.41) is 5.53. The van der Waals surface area contributed by atoms with Crippen molar-refractivity contribution in [3.63, 3.8) is 0 Å². The van der Waals surface area contributed by atoms with Crippen LogP contribution < -0.4 is 10.6 Å². The molecule has 4 rings (SSSR count). The largest absolute Gasteiger partial charge is 0.438 e. The summed E-state index contributed by atoms with van der Waals surface area (Å²) in [6, 6.07) is 20.5. The molecule has 2 N–H and O–H groups in total. The van der Waals surface area contributed by atoms with Crippen LogP contribution >= 0.6 is 0 Å². The van der Waals surface area contributed by atoms with Crippen molar-refractivity contribution in [1.82, 2.24) is 10.2 Å². The van der Waals surface area contributed by atoms with E-state index in [9.17, 15) is 18.8 Å². The summed E-state index contributed by atoms with van der Waals surface area (Å²) in [5.41, 5.74) is 2.34. The lowest BCUT2D eigenvalue weighted by Gasteiger charge is -2.24. The van der Waals surface area contributed by atoms with Crippen molar-refractivity contribution in [2.75, 3.05) is 11.9 Å². The van der Waals surface area contributed by atoms with Crippen LogP contribution in [0.1, 0.15) is 34.5 Å². The van der Waals surface area contributed by atoms with Crippen LogP contribution in [0.2, 0.25) is 0 Å². The van der Waals surface area contributed by atoms with E-state index in [1.54, 1.807) is 24.3 Å². The highest BCUT2D eigenvalue weighted by Crippen LogP contribution is 2.34. The highest BCUT2D eigenvalue weighted by Gasteiger charge is 2.46. The Kier molecular flexibility index (Phi) is 6.87. The highest BCUT2D eigenvalue weighted by atomic mass is 19.1. The molecule has 0 radical (unpaired) electrons. The molecule has 3 amide bonds. The molecule has 7 nitrogen and oxygen atoms in total. The third-order valence-electron chi connectivity index (χ3n) is 5.50. The van der Waals surface area contributed by atoms with E-state index in [2.05, 4.69) is 10.6 Å². The maximum Gasteiger partial charge on any atom is 0.411 e. The number of anilines is 1. The van der Waals surface area contributed by atoms with Gasteiger partial charge >= 0.3 is 6.09 Å². The van der Waals surface area contributed by atoms with E-state index in [4.69, 9.17) is 4.74 Å². The molecule has 8 heteroatoms. The summed E-state index contributed by atoms with van der Waals surface area (Å²) in [4.78, 5) is 39.4. The maximum absolute atomic E-state index is 13.1. The number of halogens is 1. The molecule has 1 saturated heterocycles. The van der Waals surface area contributed by atoms with E-state index < -0.39 is 24.1 Å². The van der Waals surface area contributed by atoms with Crippen molar-refractivity contribution in [2.24, 2.45) is 0 Å². The Morgan fingerprint density at radius 3 is 2.29 bits per heavy atom. The molecular formula is C26H24FN3O4. The van der Waals surface area contributed by atoms with Gasteiger partial charge in [-0.25, -0.2) is 9.18 Å². The summed E-state index contributed by atoms with van der Waals surface area (Å²) in [6.07, 6.45) is -1.37. The van der Waals surface area contributed by atoms with Crippen molar-refractivity contribution in [3.8, 4) is 0 Å². The van der Waals surface area contributed by atoms with Crippen LogP contribution in [0.25, 0.3) is 0 Å². The number of benzene rings is 3. The molecule has 0 bridgehead atoms. The average Bonchev–Trinajstić information content (AvgIpc) is 3.16. The van der Waals surface area contributed by atoms with Crippen LogP contribution in [0.15, 0.2) is 78.9 Å². The number of cyclic esters (lactones) is 1. The molecule has 1 fully saturated rings. The molecule has 1 aliphatic heterocycles. The maximum atomic E-state index is 13.1. The van der Waals surface area contributed by atoms with Crippen molar-refractivity contribution < 1.29 is 23.5 Å². The fourth-order valence-electron chi connectivity index (χ4n) is 3.83. The Balaban J connectivity index is 1.53. The summed E-state index contributed by atoms with van der Waals surface area (Å²) < 4.78 is 18.7. The number of nitrogens with one attached hydrogen (secondary N) is 2. The van der Waals surface area contributed by atoms with Crippen molar-refractivity contribution in [2.45, 2.75) is 25.6 Å². The van der Waals surface area contributed by atoms with Gasteiger partial charge in [0.15, 0.2) is 12.1 Å². The van der Waals surface area contributed by atoms with Gasteiger partial charge in [-0.3, -0.25) is 14.5 Å². The predicted molar refractivity (Wildman–Crippen MR) is 124 cm³/mol. The van der Waals surface area contributed by atoms with Gasteiger partial charge in [-0.05, 0) is 54.4 Å². The molecule has 3 aromatic rings. The van der Waals surface area contributed by atoms with Gasteiger partial charge in [-0.1, -0.05) is 42.5 Å². The summed E-state index contributed by atoms with van der Waals surface area (Å²) >= 11 is 0. The number of hydrogen-bond acceptors (Lipinski definition) is 4. The molecule has 3 aromatic carbocycles. The fourth-order valence-corrected chi connectivity index (χ4v) is 3.83. The van der Waals surface area contributed by atoms with Crippen molar-refractivity contribution >= 4 is 23.6 Å². The van der Waals surface area contributed by atoms with Crippen LogP contribution in [-0.2, 0) is 16.1 Å². The zero-order chi connectivity index (χ0) is 24.1. The fraction of sp³-hybridized carbons (Fsp3) is 0.192. The van der Waals surface area contributed by atoms with Gasteiger partial charge in [0.25, 0.3) is 5.91 Å². The van der Waals surface area contributed by atoms with Crippen molar-refractivity contribution in [3.05, 3.63) is 101 Å². The van der Waals surface area contributed by atoms with Gasteiger partial charge in [0.2, 0.25) is 5.91 Å². The predicted octanol–water partition coefficient (Wildman–Crippen LogP) is 4.28. The SMILES string of the molecule is CCNC(=O)C1C(c2ccc(NC(=O)c3ccc(F)cc3)cc2)OC(=O)N1Cc1ccccc1. The van der Waals surface area contributed by atoms with Gasteiger partial charge < -0.3 is 15.4 Å². The normalized spacial score (nSPS) is 17.2. The molecule has 0 spiro atoms. The minimum Gasteiger partial charge on any atom is -0.438 e. The third-order valence-corrected chi connectivity index (χ3v) is 5.50. The third kappa shape index (κ3) is 5.06. The van der Waals surface area contributed by atoms with Gasteiger partial charge in [-0.2, -0.15) is 0 Å². The molecule has 2 atom stereocenters. The molecule has 0 aliphatic carbocycles. The second-order valence-corrected chi connectivity index (χ2v) is 7.84. The number of ether oxygens (including phenoxy) is 1. The Hall–Kier alpha value is -4.20. The first-order chi connectivity index (χ1) is 16.5. The molecular weight excluding hydrogens is 437 g/mol. The first kappa shape index (κ1) is 23.0. The van der Waals surface area contributed by atoms with Crippen LogP contribution in [0.5, 0.6) is 0 Å². The Morgan fingerprint density at radius 1 is 0.971 bits per heavy atom. The first-order valence-corrected chi connectivity index (χ1v) is 10.9. The first-order valence-electron chi connectivity index (χ1n) is 10.9. The zero-order valence-corrected chi connectivity index (χ0v) is 18.5. The summed E-state index contributed by atoms with van der Waals surface area (Å²) in [7, 11) is 0. The Labute approximate surface area is 196 Å². The van der Waals surface area contributed by atoms with E-state index in [0.29, 0.717) is 23.4 Å². The van der Waals surface area contributed by atoms with Gasteiger partial charge in [0.05, 0.1) is 6.54 Å². The van der Waals surface area contributed by atoms with Crippen LogP contribution in [-0.4, -0.2) is 35.4 Å². The van der Waals surface area contributed by atoms with Crippen LogP contribution in [0.3, 0.4) is 0 Å². The molecule has 0 aromatic heterocycles. The smallest absolute Gasteiger partial charge is 0.411 e. The second-order valence-electron chi connectivity index (χ2n) is 7.84. The number of amides is 3. The standard InChI is InChI=1S/C26H24FN3O4/c1-2-28-25(32)22-23(34-26(33)30(22)16-17-6-4-3-5-7-17)18-10-14-21(15-11-18)29-24(31)19-8-12-20(27)13-9-19/h3-15,22-23H,2,16H2,1H3,(H,28,32)(H,29,31). The molecule has 1 aliphatic rings. The van der Waals surface area contributed by atoms with Gasteiger partial charge in [0.1, 0.15) is 5.82 Å². The van der Waals surface area contributed by atoms with Crippen LogP contribution in [0.4, 0.5) is 14.9 Å². The highest BCUT2D eigenvalue weighted by molar-refractivity contribution is 6.04. The number of rotatable bonds is 7. The zero-order valence-electron chi connectivity index (χ0n) is 18.5. The lowest BCUT2D eigenvalue weighted by atomic mass is 10.00. The monoisotopic (exact) mass is 461 g/mol. The molecule has 174 valence electrons. The summed E-state index contributed by atoms with van der Waals surface area (Å²) in [5.74, 6) is -1.10. The van der Waals surface area contributed by atoms with Gasteiger partial charge in [0, 0.05) is 17.8 Å². The minimum atomic E-state index is -0.840. The van der Waals surface area contributed by atoms with Gasteiger partial charge in [-0.15, -0.1) is 0 Å². The van der Waals surface area contributed by atoms with E-state index in [-0.39, 0.29) is 18.4 Å². The number of nitrogens with zero attached hydrogens (tertiary/aromatic N) is 1. The molecule has 2 unspecified atom stereocenters. The Bertz CT molecular complexity index is 1170. The van der Waals surface area contributed by atoms with E-state index in [1.807, 2.05) is 37.3 Å². The number of hydrogen-bond donors (Lipinski definition) is 2. The quantitative estimate of drug-likeness (QED) is 0.550. The molecule has 34 heavy (non-hydrogen) atoms. The number of carbonyl (C=O) groups is 3. The minimum absolute atomic E-state index is 0.240. The molecule has 1 heterocycles. The topological polar surface area (TPSA) is 87.7 Å². The van der Waals surface area contributed by atoms with E-state index in [1.165, 1.54) is 29.2 Å². The molecule has 0 saturated carbocycles. The summed E-state index contributed by atoms with van der Waals surface area (Å²) in [6.45, 7) is 2.47. The van der Waals surface area contributed by atoms with E-state index >= 15 is 0 Å². The Morgan fingerprint density at radius 2 is 1.65 bits per heavy atom. The van der Waals surface area contributed by atoms with Crippen molar-refractivity contribution in [1.29, 1.82) is 0 Å². The van der Waals surface area contributed by atoms with Crippen LogP contribution in [0, 0.1) is 5.82 Å².